The summed E-state index contributed by atoms with van der Waals surface area (Å²) in [7, 11) is 1.80. The lowest BCUT2D eigenvalue weighted by molar-refractivity contribution is 0.750. The molecule has 0 bridgehead atoms. The van der Waals surface area contributed by atoms with Crippen molar-refractivity contribution in [3.63, 3.8) is 0 Å². The number of aliphatic imine (C=N–C) groups is 1. The van der Waals surface area contributed by atoms with Crippen LogP contribution >= 0.6 is 0 Å². The van der Waals surface area contributed by atoms with E-state index in [9.17, 15) is 0 Å². The SMILES string of the molecule is C/N=C/N1C(C)C1C. The molecule has 8 heavy (non-hydrogen) atoms. The summed E-state index contributed by atoms with van der Waals surface area (Å²) in [6, 6.07) is 1.44. The molecule has 0 radical (unpaired) electrons. The molecule has 0 amide bonds. The fraction of sp³-hybridized carbons (Fsp3) is 0.833. The summed E-state index contributed by atoms with van der Waals surface area (Å²) in [5, 5.41) is 0. The fourth-order valence-corrected chi connectivity index (χ4v) is 0.875. The topological polar surface area (TPSA) is 15.4 Å². The van der Waals surface area contributed by atoms with Crippen LogP contribution < -0.4 is 0 Å². The first-order valence-electron chi connectivity index (χ1n) is 2.97. The number of rotatable bonds is 1. The Morgan fingerprint density at radius 2 is 1.88 bits per heavy atom. The molecule has 0 spiro atoms. The van der Waals surface area contributed by atoms with Gasteiger partial charge in [0.15, 0.2) is 0 Å². The quantitative estimate of drug-likeness (QED) is 0.277. The summed E-state index contributed by atoms with van der Waals surface area (Å²) in [4.78, 5) is 6.12. The molecule has 2 heteroatoms. The molecule has 1 aliphatic heterocycles. The molecule has 0 aromatic rings. The minimum Gasteiger partial charge on any atom is -0.353 e. The smallest absolute Gasteiger partial charge is 0.0852 e. The van der Waals surface area contributed by atoms with Crippen molar-refractivity contribution < 1.29 is 0 Å². The summed E-state index contributed by atoms with van der Waals surface area (Å²) in [6.45, 7) is 4.40. The van der Waals surface area contributed by atoms with Crippen molar-refractivity contribution in [2.24, 2.45) is 4.99 Å². The lowest BCUT2D eigenvalue weighted by Crippen LogP contribution is -1.94. The first-order chi connectivity index (χ1) is 3.77. The van der Waals surface area contributed by atoms with Gasteiger partial charge in [-0.3, -0.25) is 4.99 Å². The summed E-state index contributed by atoms with van der Waals surface area (Å²) in [6.07, 6.45) is 1.90. The number of nitrogens with zero attached hydrogens (tertiary/aromatic N) is 2. The van der Waals surface area contributed by atoms with E-state index in [1.165, 1.54) is 0 Å². The lowest BCUT2D eigenvalue weighted by Gasteiger charge is -1.87. The van der Waals surface area contributed by atoms with E-state index < -0.39 is 0 Å². The van der Waals surface area contributed by atoms with Crippen LogP contribution in [0, 0.1) is 0 Å². The Morgan fingerprint density at radius 3 is 2.00 bits per heavy atom. The van der Waals surface area contributed by atoms with Gasteiger partial charge in [0.25, 0.3) is 0 Å². The van der Waals surface area contributed by atoms with Gasteiger partial charge in [0.05, 0.1) is 6.34 Å². The predicted octanol–water partition coefficient (Wildman–Crippen LogP) is 0.737. The average molecular weight is 112 g/mol. The maximum absolute atomic E-state index is 3.90. The van der Waals surface area contributed by atoms with E-state index in [2.05, 4.69) is 23.7 Å². The monoisotopic (exact) mass is 112 g/mol. The van der Waals surface area contributed by atoms with Crippen molar-refractivity contribution in [2.45, 2.75) is 25.9 Å². The Hall–Kier alpha value is -0.530. The van der Waals surface area contributed by atoms with E-state index in [-0.39, 0.29) is 0 Å². The molecule has 2 nitrogen and oxygen atoms in total. The highest BCUT2D eigenvalue weighted by Crippen LogP contribution is 2.23. The van der Waals surface area contributed by atoms with Crippen LogP contribution in [0.25, 0.3) is 0 Å². The van der Waals surface area contributed by atoms with E-state index in [0.717, 1.165) is 12.1 Å². The van der Waals surface area contributed by atoms with Gasteiger partial charge in [-0.05, 0) is 13.8 Å². The van der Waals surface area contributed by atoms with Gasteiger partial charge in [-0.2, -0.15) is 0 Å². The second kappa shape index (κ2) is 1.77. The van der Waals surface area contributed by atoms with Crippen molar-refractivity contribution in [1.29, 1.82) is 0 Å². The minimum absolute atomic E-state index is 0.721. The van der Waals surface area contributed by atoms with Crippen LogP contribution in [0.15, 0.2) is 4.99 Å². The largest absolute Gasteiger partial charge is 0.353 e. The maximum atomic E-state index is 3.90. The van der Waals surface area contributed by atoms with Crippen molar-refractivity contribution in [2.75, 3.05) is 7.05 Å². The van der Waals surface area contributed by atoms with E-state index in [4.69, 9.17) is 0 Å². The second-order valence-electron chi connectivity index (χ2n) is 2.30. The van der Waals surface area contributed by atoms with Gasteiger partial charge in [-0.25, -0.2) is 0 Å². The van der Waals surface area contributed by atoms with Crippen LogP contribution in [0.4, 0.5) is 0 Å². The van der Waals surface area contributed by atoms with Gasteiger partial charge in [-0.15, -0.1) is 0 Å². The van der Waals surface area contributed by atoms with Gasteiger partial charge in [-0.1, -0.05) is 0 Å². The van der Waals surface area contributed by atoms with Gasteiger partial charge in [0.1, 0.15) is 0 Å². The lowest BCUT2D eigenvalue weighted by atomic mass is 10.4. The Bertz CT molecular complexity index is 101. The zero-order valence-corrected chi connectivity index (χ0v) is 5.63. The van der Waals surface area contributed by atoms with Gasteiger partial charge >= 0.3 is 0 Å². The van der Waals surface area contributed by atoms with E-state index in [0.29, 0.717) is 0 Å². The molecule has 0 saturated carbocycles. The number of hydrogen-bond donors (Lipinski definition) is 0. The number of hydrogen-bond acceptors (Lipinski definition) is 1. The van der Waals surface area contributed by atoms with Crippen LogP contribution in [-0.4, -0.2) is 30.4 Å². The average Bonchev–Trinajstić information content (AvgIpc) is 2.25. The van der Waals surface area contributed by atoms with Crippen molar-refractivity contribution >= 4 is 6.34 Å². The predicted molar refractivity (Wildman–Crippen MR) is 35.2 cm³/mol. The van der Waals surface area contributed by atoms with Gasteiger partial charge in [0.2, 0.25) is 0 Å². The summed E-state index contributed by atoms with van der Waals surface area (Å²) >= 11 is 0. The van der Waals surface area contributed by atoms with Crippen LogP contribution in [0.5, 0.6) is 0 Å². The molecule has 46 valence electrons. The molecular weight excluding hydrogens is 100 g/mol. The van der Waals surface area contributed by atoms with Crippen molar-refractivity contribution in [3.05, 3.63) is 0 Å². The second-order valence-corrected chi connectivity index (χ2v) is 2.30. The van der Waals surface area contributed by atoms with E-state index in [1.54, 1.807) is 7.05 Å². The highest BCUT2D eigenvalue weighted by molar-refractivity contribution is 5.59. The third kappa shape index (κ3) is 0.703. The zero-order valence-electron chi connectivity index (χ0n) is 5.63. The molecule has 0 N–H and O–H groups in total. The van der Waals surface area contributed by atoms with Crippen LogP contribution in [0.2, 0.25) is 0 Å². The van der Waals surface area contributed by atoms with Crippen molar-refractivity contribution in [1.82, 2.24) is 4.90 Å². The molecular formula is C6H12N2. The minimum atomic E-state index is 0.721. The molecule has 0 aliphatic carbocycles. The van der Waals surface area contributed by atoms with Gasteiger partial charge in [0, 0.05) is 19.1 Å². The zero-order chi connectivity index (χ0) is 6.15. The first kappa shape index (κ1) is 5.60. The molecule has 1 saturated heterocycles. The highest BCUT2D eigenvalue weighted by atomic mass is 15.3. The maximum Gasteiger partial charge on any atom is 0.0852 e. The molecule has 0 aromatic carbocycles. The third-order valence-corrected chi connectivity index (χ3v) is 1.80. The Kier molecular flexibility index (Phi) is 1.24. The normalized spacial score (nSPS) is 36.6. The molecule has 1 aliphatic rings. The standard InChI is InChI=1S/C6H12N2/c1-5-6(2)8(5)4-7-3/h4-6H,1-3H3/b7-4+. The van der Waals surface area contributed by atoms with E-state index >= 15 is 0 Å². The third-order valence-electron chi connectivity index (χ3n) is 1.80. The fourth-order valence-electron chi connectivity index (χ4n) is 0.875. The van der Waals surface area contributed by atoms with Crippen LogP contribution in [-0.2, 0) is 0 Å². The Labute approximate surface area is 50.2 Å². The molecule has 2 unspecified atom stereocenters. The van der Waals surface area contributed by atoms with Crippen molar-refractivity contribution in [3.8, 4) is 0 Å². The Balaban J connectivity index is 2.33. The Morgan fingerprint density at radius 1 is 1.38 bits per heavy atom. The molecule has 1 heterocycles. The highest BCUT2D eigenvalue weighted by Gasteiger charge is 2.36. The molecule has 0 aromatic heterocycles. The summed E-state index contributed by atoms with van der Waals surface area (Å²) in [5.41, 5.74) is 0. The summed E-state index contributed by atoms with van der Waals surface area (Å²) < 4.78 is 0. The summed E-state index contributed by atoms with van der Waals surface area (Å²) in [5.74, 6) is 0. The molecule has 2 atom stereocenters. The van der Waals surface area contributed by atoms with Crippen LogP contribution in [0.3, 0.4) is 0 Å². The van der Waals surface area contributed by atoms with Crippen LogP contribution in [0.1, 0.15) is 13.8 Å². The van der Waals surface area contributed by atoms with E-state index in [1.807, 2.05) is 6.34 Å². The van der Waals surface area contributed by atoms with Gasteiger partial charge < -0.3 is 4.90 Å². The molecule has 1 rings (SSSR count). The molecule has 1 fully saturated rings. The first-order valence-corrected chi connectivity index (χ1v) is 2.97.